The zero-order valence-corrected chi connectivity index (χ0v) is 11.0. The third-order valence-electron chi connectivity index (χ3n) is 3.62. The lowest BCUT2D eigenvalue weighted by Crippen LogP contribution is -2.37. The Morgan fingerprint density at radius 1 is 1.17 bits per heavy atom. The highest BCUT2D eigenvalue weighted by molar-refractivity contribution is 5.96. The lowest BCUT2D eigenvalue weighted by molar-refractivity contribution is -0.120. The van der Waals surface area contributed by atoms with Gasteiger partial charge < -0.3 is 9.47 Å². The molecule has 1 aliphatic rings. The summed E-state index contributed by atoms with van der Waals surface area (Å²) in [5.41, 5.74) is 1.05. The van der Waals surface area contributed by atoms with Crippen molar-refractivity contribution in [2.45, 2.75) is 25.4 Å². The highest BCUT2D eigenvalue weighted by Crippen LogP contribution is 2.43. The smallest absolute Gasteiger partial charge is 0.162 e. The maximum Gasteiger partial charge on any atom is 0.162 e. The molecule has 0 aromatic heterocycles. The van der Waals surface area contributed by atoms with Crippen molar-refractivity contribution in [1.82, 2.24) is 0 Å². The van der Waals surface area contributed by atoms with Crippen molar-refractivity contribution in [1.29, 1.82) is 0 Å². The van der Waals surface area contributed by atoms with Crippen LogP contribution in [0.25, 0.3) is 0 Å². The molecule has 0 aliphatic heterocycles. The van der Waals surface area contributed by atoms with E-state index in [2.05, 4.69) is 0 Å². The molecule has 0 saturated heterocycles. The molecule has 0 radical (unpaired) electrons. The highest BCUT2D eigenvalue weighted by atomic mass is 16.5. The molecular formula is C15H18O3. The van der Waals surface area contributed by atoms with Crippen LogP contribution in [0.4, 0.5) is 0 Å². The normalized spacial score (nSPS) is 24.3. The second-order valence-electron chi connectivity index (χ2n) is 4.48. The van der Waals surface area contributed by atoms with E-state index < -0.39 is 5.60 Å². The molecule has 3 nitrogen and oxygen atoms in total. The molecule has 0 fully saturated rings. The maximum atomic E-state index is 11.8. The van der Waals surface area contributed by atoms with Crippen LogP contribution in [-0.4, -0.2) is 20.0 Å². The zero-order valence-electron chi connectivity index (χ0n) is 11.0. The summed E-state index contributed by atoms with van der Waals surface area (Å²) in [5.74, 6) is 0.767. The van der Waals surface area contributed by atoms with E-state index in [1.807, 2.05) is 30.3 Å². The van der Waals surface area contributed by atoms with Crippen molar-refractivity contribution in [3.8, 4) is 0 Å². The van der Waals surface area contributed by atoms with Crippen molar-refractivity contribution >= 4 is 5.78 Å². The topological polar surface area (TPSA) is 35.5 Å². The molecule has 1 unspecified atom stereocenters. The van der Waals surface area contributed by atoms with E-state index in [9.17, 15) is 4.79 Å². The first-order valence-corrected chi connectivity index (χ1v) is 6.05. The van der Waals surface area contributed by atoms with Gasteiger partial charge in [0.2, 0.25) is 0 Å². The van der Waals surface area contributed by atoms with Gasteiger partial charge in [-0.3, -0.25) is 4.79 Å². The fourth-order valence-corrected chi connectivity index (χ4v) is 2.63. The second-order valence-corrected chi connectivity index (χ2v) is 4.48. The summed E-state index contributed by atoms with van der Waals surface area (Å²) in [5, 5.41) is 0. The van der Waals surface area contributed by atoms with Gasteiger partial charge >= 0.3 is 0 Å². The molecule has 0 heterocycles. The number of carbonyl (C=O) groups is 1. The molecule has 3 heteroatoms. The van der Waals surface area contributed by atoms with E-state index in [4.69, 9.17) is 9.47 Å². The average molecular weight is 246 g/mol. The van der Waals surface area contributed by atoms with E-state index in [1.54, 1.807) is 21.1 Å². The number of ketones is 1. The van der Waals surface area contributed by atoms with Crippen LogP contribution in [0, 0.1) is 0 Å². The fraction of sp³-hybridized carbons (Fsp3) is 0.400. The first-order chi connectivity index (χ1) is 8.65. The van der Waals surface area contributed by atoms with E-state index in [0.717, 1.165) is 5.56 Å². The Labute approximate surface area is 107 Å². The largest absolute Gasteiger partial charge is 0.497 e. The second kappa shape index (κ2) is 4.94. The Morgan fingerprint density at radius 2 is 1.83 bits per heavy atom. The molecule has 0 amide bonds. The Morgan fingerprint density at radius 3 is 2.39 bits per heavy atom. The van der Waals surface area contributed by atoms with Gasteiger partial charge in [-0.2, -0.15) is 0 Å². The molecule has 0 N–H and O–H groups in total. The Balaban J connectivity index is 2.60. The standard InChI is InChI=1S/C15H18O3/c1-11-13(16)9-10-15(18-3,14(11)17-2)12-7-5-4-6-8-12/h4-8H,9-10H2,1-3H3. The summed E-state index contributed by atoms with van der Waals surface area (Å²) in [6.45, 7) is 1.80. The van der Waals surface area contributed by atoms with Crippen LogP contribution in [0.5, 0.6) is 0 Å². The third kappa shape index (κ3) is 1.85. The van der Waals surface area contributed by atoms with Gasteiger partial charge in [-0.05, 0) is 18.9 Å². The van der Waals surface area contributed by atoms with Crippen LogP contribution in [0.15, 0.2) is 41.7 Å². The number of methoxy groups -OCH3 is 2. The van der Waals surface area contributed by atoms with Crippen molar-refractivity contribution in [2.24, 2.45) is 0 Å². The summed E-state index contributed by atoms with van der Waals surface area (Å²) in [6.07, 6.45) is 1.11. The van der Waals surface area contributed by atoms with Gasteiger partial charge in [0.25, 0.3) is 0 Å². The van der Waals surface area contributed by atoms with Gasteiger partial charge in [0, 0.05) is 19.1 Å². The van der Waals surface area contributed by atoms with E-state index >= 15 is 0 Å². The molecule has 1 aliphatic carbocycles. The number of hydrogen-bond acceptors (Lipinski definition) is 3. The minimum atomic E-state index is -0.631. The van der Waals surface area contributed by atoms with Crippen LogP contribution in [0.1, 0.15) is 25.3 Å². The Kier molecular flexibility index (Phi) is 3.53. The molecule has 0 spiro atoms. The molecule has 1 aromatic rings. The molecule has 18 heavy (non-hydrogen) atoms. The number of allylic oxidation sites excluding steroid dienone is 1. The first kappa shape index (κ1) is 12.8. The lowest BCUT2D eigenvalue weighted by Gasteiger charge is -2.37. The van der Waals surface area contributed by atoms with Crippen LogP contribution < -0.4 is 0 Å². The van der Waals surface area contributed by atoms with Gasteiger partial charge in [0.05, 0.1) is 7.11 Å². The summed E-state index contributed by atoms with van der Waals surface area (Å²) in [4.78, 5) is 11.8. The molecule has 96 valence electrons. The quantitative estimate of drug-likeness (QED) is 0.822. The predicted molar refractivity (Wildman–Crippen MR) is 69.1 cm³/mol. The number of ether oxygens (including phenoxy) is 2. The summed E-state index contributed by atoms with van der Waals surface area (Å²) in [7, 11) is 3.25. The number of rotatable bonds is 3. The van der Waals surface area contributed by atoms with Crippen LogP contribution in [0.3, 0.4) is 0 Å². The van der Waals surface area contributed by atoms with Crippen LogP contribution in [-0.2, 0) is 19.9 Å². The highest BCUT2D eigenvalue weighted by Gasteiger charge is 2.43. The minimum Gasteiger partial charge on any atom is -0.497 e. The maximum absolute atomic E-state index is 11.8. The SMILES string of the molecule is COC1=C(C)C(=O)CCC1(OC)c1ccccc1. The van der Waals surface area contributed by atoms with Gasteiger partial charge in [0.15, 0.2) is 11.4 Å². The van der Waals surface area contributed by atoms with Gasteiger partial charge in [-0.1, -0.05) is 30.3 Å². The summed E-state index contributed by atoms with van der Waals surface area (Å²) in [6, 6.07) is 9.91. The zero-order chi connectivity index (χ0) is 13.2. The van der Waals surface area contributed by atoms with Crippen molar-refractivity contribution in [2.75, 3.05) is 14.2 Å². The number of benzene rings is 1. The Bertz CT molecular complexity index is 476. The number of hydrogen-bond donors (Lipinski definition) is 0. The van der Waals surface area contributed by atoms with E-state index in [1.165, 1.54) is 0 Å². The first-order valence-electron chi connectivity index (χ1n) is 6.05. The van der Waals surface area contributed by atoms with Crippen molar-refractivity contribution in [3.05, 3.63) is 47.2 Å². The molecule has 0 saturated carbocycles. The molecule has 0 bridgehead atoms. The lowest BCUT2D eigenvalue weighted by atomic mass is 9.79. The average Bonchev–Trinajstić information content (AvgIpc) is 2.43. The van der Waals surface area contributed by atoms with Gasteiger partial charge in [0.1, 0.15) is 5.76 Å². The Hall–Kier alpha value is -1.61. The predicted octanol–water partition coefficient (Wildman–Crippen LogP) is 2.81. The molecule has 1 atom stereocenters. The van der Waals surface area contributed by atoms with Crippen LogP contribution >= 0.6 is 0 Å². The molecular weight excluding hydrogens is 228 g/mol. The molecule has 1 aromatic carbocycles. The van der Waals surface area contributed by atoms with Crippen LogP contribution in [0.2, 0.25) is 0 Å². The van der Waals surface area contributed by atoms with E-state index in [0.29, 0.717) is 24.2 Å². The van der Waals surface area contributed by atoms with Crippen molar-refractivity contribution in [3.63, 3.8) is 0 Å². The third-order valence-corrected chi connectivity index (χ3v) is 3.62. The molecule has 2 rings (SSSR count). The van der Waals surface area contributed by atoms with Gasteiger partial charge in [-0.15, -0.1) is 0 Å². The van der Waals surface area contributed by atoms with Crippen molar-refractivity contribution < 1.29 is 14.3 Å². The summed E-state index contributed by atoms with van der Waals surface area (Å²) < 4.78 is 11.2. The summed E-state index contributed by atoms with van der Waals surface area (Å²) >= 11 is 0. The minimum absolute atomic E-state index is 0.135. The van der Waals surface area contributed by atoms with E-state index in [-0.39, 0.29) is 5.78 Å². The fourth-order valence-electron chi connectivity index (χ4n) is 2.63. The van der Waals surface area contributed by atoms with Gasteiger partial charge in [-0.25, -0.2) is 0 Å². The number of carbonyl (C=O) groups excluding carboxylic acids is 1. The number of Topliss-reactive ketones (excluding diaryl/α,β-unsaturated/α-hetero) is 1. The monoisotopic (exact) mass is 246 g/mol.